The van der Waals surface area contributed by atoms with Crippen molar-refractivity contribution in [2.75, 3.05) is 0 Å². The average molecular weight is 419 g/mol. The van der Waals surface area contributed by atoms with Gasteiger partial charge in [-0.2, -0.15) is 0 Å². The highest BCUT2D eigenvalue weighted by Crippen LogP contribution is 2.18. The second-order valence-corrected chi connectivity index (χ2v) is 9.90. The van der Waals surface area contributed by atoms with Crippen molar-refractivity contribution < 1.29 is 0 Å². The van der Waals surface area contributed by atoms with Gasteiger partial charge in [0.2, 0.25) is 0 Å². The first-order chi connectivity index (χ1) is 14.8. The van der Waals surface area contributed by atoms with Gasteiger partial charge in [-0.05, 0) is 18.8 Å². The Hall–Kier alpha value is -0.440. The van der Waals surface area contributed by atoms with Crippen molar-refractivity contribution in [3.63, 3.8) is 0 Å². The number of rotatable bonds is 23. The van der Waals surface area contributed by atoms with E-state index in [-0.39, 0.29) is 0 Å². The van der Waals surface area contributed by atoms with Crippen molar-refractivity contribution in [1.29, 1.82) is 0 Å². The molecule has 0 N–H and O–H groups in total. The maximum absolute atomic E-state index is 3.42. The zero-order valence-electron chi connectivity index (χ0n) is 21.5. The van der Waals surface area contributed by atoms with E-state index in [2.05, 4.69) is 32.6 Å². The van der Waals surface area contributed by atoms with Gasteiger partial charge in [0.15, 0.2) is 0 Å². The van der Waals surface area contributed by atoms with Crippen LogP contribution in [0.4, 0.5) is 0 Å². The van der Waals surface area contributed by atoms with Crippen molar-refractivity contribution in [3.8, 4) is 11.8 Å². The van der Waals surface area contributed by atoms with Gasteiger partial charge in [0.1, 0.15) is 0 Å². The first kappa shape index (κ1) is 29.6. The molecule has 0 spiro atoms. The lowest BCUT2D eigenvalue weighted by atomic mass is 9.96. The monoisotopic (exact) mass is 418 g/mol. The standard InChI is InChI=1S/C30H58/c1-4-6-8-10-12-13-14-15-16-17-18-19-20-21-23-25-27-29-30(3)28-26-24-22-11-9-7-5-2/h30H,4-18,21-29H2,1-3H3. The third-order valence-corrected chi connectivity index (χ3v) is 6.58. The van der Waals surface area contributed by atoms with Crippen molar-refractivity contribution >= 4 is 0 Å². The summed E-state index contributed by atoms with van der Waals surface area (Å²) in [5, 5.41) is 0. The molecule has 0 saturated carbocycles. The summed E-state index contributed by atoms with van der Waals surface area (Å²) in [6.45, 7) is 7.06. The molecule has 178 valence electrons. The van der Waals surface area contributed by atoms with E-state index in [0.717, 1.165) is 18.8 Å². The molecule has 0 fully saturated rings. The van der Waals surface area contributed by atoms with E-state index in [1.54, 1.807) is 0 Å². The second kappa shape index (κ2) is 26.6. The average Bonchev–Trinajstić information content (AvgIpc) is 2.75. The maximum atomic E-state index is 3.42. The predicted octanol–water partition coefficient (Wildman–Crippen LogP) is 11.0. The fourth-order valence-corrected chi connectivity index (χ4v) is 4.35. The summed E-state index contributed by atoms with van der Waals surface area (Å²) in [7, 11) is 0. The van der Waals surface area contributed by atoms with Crippen LogP contribution < -0.4 is 0 Å². The van der Waals surface area contributed by atoms with Gasteiger partial charge in [0, 0.05) is 12.8 Å². The summed E-state index contributed by atoms with van der Waals surface area (Å²) in [6, 6.07) is 0. The molecule has 0 aliphatic carbocycles. The topological polar surface area (TPSA) is 0 Å². The van der Waals surface area contributed by atoms with E-state index in [9.17, 15) is 0 Å². The molecule has 0 saturated heterocycles. The minimum absolute atomic E-state index is 0.933. The Morgan fingerprint density at radius 3 is 1.10 bits per heavy atom. The Balaban J connectivity index is 3.22. The van der Waals surface area contributed by atoms with Gasteiger partial charge < -0.3 is 0 Å². The van der Waals surface area contributed by atoms with Gasteiger partial charge in [-0.3, -0.25) is 0 Å². The fraction of sp³-hybridized carbons (Fsp3) is 0.933. The maximum Gasteiger partial charge on any atom is 0.00886 e. The number of hydrogen-bond acceptors (Lipinski definition) is 0. The van der Waals surface area contributed by atoms with E-state index in [1.165, 1.54) is 141 Å². The summed E-state index contributed by atoms with van der Waals surface area (Å²) in [5.41, 5.74) is 0. The van der Waals surface area contributed by atoms with E-state index in [0.29, 0.717) is 0 Å². The molecule has 1 unspecified atom stereocenters. The molecule has 0 nitrogen and oxygen atoms in total. The smallest absolute Gasteiger partial charge is 0.00886 e. The van der Waals surface area contributed by atoms with Gasteiger partial charge in [0.25, 0.3) is 0 Å². The fourth-order valence-electron chi connectivity index (χ4n) is 4.35. The minimum Gasteiger partial charge on any atom is -0.103 e. The van der Waals surface area contributed by atoms with Crippen molar-refractivity contribution in [2.45, 2.75) is 175 Å². The number of hydrogen-bond donors (Lipinski definition) is 0. The highest BCUT2D eigenvalue weighted by molar-refractivity contribution is 4.98. The Morgan fingerprint density at radius 2 is 0.700 bits per heavy atom. The largest absolute Gasteiger partial charge is 0.103 e. The summed E-state index contributed by atoms with van der Waals surface area (Å²) >= 11 is 0. The molecule has 0 bridgehead atoms. The molecule has 0 amide bonds. The highest BCUT2D eigenvalue weighted by Gasteiger charge is 2.02. The molecule has 0 aliphatic heterocycles. The van der Waals surface area contributed by atoms with Gasteiger partial charge in [-0.25, -0.2) is 0 Å². The summed E-state index contributed by atoms with van der Waals surface area (Å²) < 4.78 is 0. The molecule has 0 aromatic carbocycles. The van der Waals surface area contributed by atoms with E-state index >= 15 is 0 Å². The van der Waals surface area contributed by atoms with Gasteiger partial charge >= 0.3 is 0 Å². The van der Waals surface area contributed by atoms with Crippen LogP contribution in [0.3, 0.4) is 0 Å². The SMILES string of the molecule is CCCCCCCCCCCCC#CCCCCCC(C)CCCCCCCCC. The zero-order chi connectivity index (χ0) is 22.0. The van der Waals surface area contributed by atoms with Gasteiger partial charge in [0.05, 0.1) is 0 Å². The molecule has 0 heterocycles. The van der Waals surface area contributed by atoms with Crippen LogP contribution in [0, 0.1) is 17.8 Å². The molecule has 0 rings (SSSR count). The van der Waals surface area contributed by atoms with E-state index in [4.69, 9.17) is 0 Å². The third kappa shape index (κ3) is 25.6. The van der Waals surface area contributed by atoms with E-state index in [1.807, 2.05) is 0 Å². The molecule has 1 atom stereocenters. The van der Waals surface area contributed by atoms with Crippen LogP contribution in [0.5, 0.6) is 0 Å². The lowest BCUT2D eigenvalue weighted by molar-refractivity contribution is 0.435. The summed E-state index contributed by atoms with van der Waals surface area (Å²) in [6.07, 6.45) is 33.5. The van der Waals surface area contributed by atoms with Crippen LogP contribution in [0.15, 0.2) is 0 Å². The van der Waals surface area contributed by atoms with Gasteiger partial charge in [-0.15, -0.1) is 11.8 Å². The van der Waals surface area contributed by atoms with Crippen LogP contribution in [0.25, 0.3) is 0 Å². The quantitative estimate of drug-likeness (QED) is 0.114. The van der Waals surface area contributed by atoms with Crippen LogP contribution in [-0.4, -0.2) is 0 Å². The zero-order valence-corrected chi connectivity index (χ0v) is 21.5. The second-order valence-electron chi connectivity index (χ2n) is 9.90. The van der Waals surface area contributed by atoms with E-state index < -0.39 is 0 Å². The molecule has 0 aliphatic rings. The molecule has 0 aromatic rings. The van der Waals surface area contributed by atoms with Crippen LogP contribution in [0.1, 0.15) is 175 Å². The van der Waals surface area contributed by atoms with Crippen molar-refractivity contribution in [3.05, 3.63) is 0 Å². The van der Waals surface area contributed by atoms with Crippen LogP contribution in [-0.2, 0) is 0 Å². The molecule has 0 aromatic heterocycles. The lowest BCUT2D eigenvalue weighted by Gasteiger charge is -2.10. The first-order valence-electron chi connectivity index (χ1n) is 14.3. The molecular weight excluding hydrogens is 360 g/mol. The number of unbranched alkanes of at least 4 members (excludes halogenated alkanes) is 19. The Kier molecular flexibility index (Phi) is 26.2. The third-order valence-electron chi connectivity index (χ3n) is 6.58. The predicted molar refractivity (Wildman–Crippen MR) is 139 cm³/mol. The van der Waals surface area contributed by atoms with Crippen molar-refractivity contribution in [1.82, 2.24) is 0 Å². The van der Waals surface area contributed by atoms with Crippen LogP contribution >= 0.6 is 0 Å². The molecule has 30 heavy (non-hydrogen) atoms. The molecule has 0 radical (unpaired) electrons. The Labute approximate surface area is 192 Å². The Bertz CT molecular complexity index is 358. The highest BCUT2D eigenvalue weighted by atomic mass is 14.1. The molecular formula is C30H58. The summed E-state index contributed by atoms with van der Waals surface area (Å²) in [4.78, 5) is 0. The van der Waals surface area contributed by atoms with Gasteiger partial charge in [-0.1, -0.05) is 149 Å². The van der Waals surface area contributed by atoms with Crippen molar-refractivity contribution in [2.24, 2.45) is 5.92 Å². The summed E-state index contributed by atoms with van der Waals surface area (Å²) in [5.74, 6) is 7.76. The molecule has 0 heteroatoms. The lowest BCUT2D eigenvalue weighted by Crippen LogP contribution is -1.95. The Morgan fingerprint density at radius 1 is 0.400 bits per heavy atom. The first-order valence-corrected chi connectivity index (χ1v) is 14.3. The van der Waals surface area contributed by atoms with Crippen LogP contribution in [0.2, 0.25) is 0 Å². The normalized spacial score (nSPS) is 12.0. The minimum atomic E-state index is 0.933.